The quantitative estimate of drug-likeness (QED) is 0.401. The van der Waals surface area contributed by atoms with E-state index in [1.54, 1.807) is 55.5 Å². The molecule has 36 heavy (non-hydrogen) atoms. The fourth-order valence-corrected chi connectivity index (χ4v) is 6.10. The number of imide groups is 1. The lowest BCUT2D eigenvalue weighted by molar-refractivity contribution is -0.144. The monoisotopic (exact) mass is 513 g/mol. The molecule has 4 bridgehead atoms. The summed E-state index contributed by atoms with van der Waals surface area (Å²) in [5.41, 5.74) is 5.65. The molecule has 0 heterocycles. The highest BCUT2D eigenvalue weighted by Crippen LogP contribution is 2.57. The third-order valence-electron chi connectivity index (χ3n) is 7.37. The Kier molecular flexibility index (Phi) is 6.47. The Hall–Kier alpha value is -3.06. The van der Waals surface area contributed by atoms with Gasteiger partial charge in [-0.25, -0.2) is 9.69 Å². The summed E-state index contributed by atoms with van der Waals surface area (Å²) >= 11 is 0. The Labute approximate surface area is 223 Å². The molecule has 3 N–H and O–H groups in total. The van der Waals surface area contributed by atoms with Crippen LogP contribution in [0.1, 0.15) is 55.1 Å². The van der Waals surface area contributed by atoms with Crippen LogP contribution in [0.2, 0.25) is 0 Å². The third-order valence-corrected chi connectivity index (χ3v) is 7.37. The number of hydrogen-bond donors (Lipinski definition) is 2. The van der Waals surface area contributed by atoms with Gasteiger partial charge in [-0.15, -0.1) is 12.4 Å². The van der Waals surface area contributed by atoms with Gasteiger partial charge in [0.05, 0.1) is 6.54 Å². The molecule has 192 valence electrons. The van der Waals surface area contributed by atoms with E-state index in [1.807, 2.05) is 12.1 Å². The summed E-state index contributed by atoms with van der Waals surface area (Å²) in [5, 5.41) is 8.13. The van der Waals surface area contributed by atoms with Crippen LogP contribution in [-0.2, 0) is 16.1 Å². The number of rotatable bonds is 6. The first kappa shape index (κ1) is 22.2. The summed E-state index contributed by atoms with van der Waals surface area (Å²) in [6.45, 7) is 1.49. The first-order chi connectivity index (χ1) is 18.0. The number of guanidine groups is 1. The number of carbonyl (C=O) groups is 2. The number of nitrogens with zero attached hydrogens (tertiary/aromatic N) is 2. The van der Waals surface area contributed by atoms with Gasteiger partial charge in [0.1, 0.15) is 11.6 Å². The average Bonchev–Trinajstić information content (AvgIpc) is 2.86. The first-order valence-corrected chi connectivity index (χ1v) is 12.2. The van der Waals surface area contributed by atoms with E-state index in [0.717, 1.165) is 11.3 Å². The summed E-state index contributed by atoms with van der Waals surface area (Å²) in [4.78, 5) is 30.1. The van der Waals surface area contributed by atoms with Crippen molar-refractivity contribution in [2.75, 3.05) is 4.90 Å². The van der Waals surface area contributed by atoms with Crippen molar-refractivity contribution in [3.63, 3.8) is 0 Å². The van der Waals surface area contributed by atoms with Crippen molar-refractivity contribution in [3.05, 3.63) is 66.2 Å². The summed E-state index contributed by atoms with van der Waals surface area (Å²) in [7, 11) is 0. The van der Waals surface area contributed by atoms with Gasteiger partial charge in [0.25, 0.3) is 5.91 Å². The SMILES string of the molecule is Cl.[2H]C12CC3CC(C1)CC(OC(=O)N(Cc1ccccc1)C(=O)[C@H](C)N(C(=N)N)c1ccccc1)(C3)C2([2H])[2H]. The Morgan fingerprint density at radius 2 is 1.69 bits per heavy atom. The predicted octanol–water partition coefficient (Wildman–Crippen LogP) is 5.33. The molecular weight excluding hydrogens is 476 g/mol. The Morgan fingerprint density at radius 1 is 1.11 bits per heavy atom. The van der Waals surface area contributed by atoms with Crippen LogP contribution in [0.5, 0.6) is 0 Å². The molecule has 0 spiro atoms. The summed E-state index contributed by atoms with van der Waals surface area (Å²) in [5.74, 6) is -2.03. The highest BCUT2D eigenvalue weighted by molar-refractivity contribution is 6.03. The number of ether oxygens (including phenoxy) is 1. The molecule has 7 nitrogen and oxygen atoms in total. The second-order valence-corrected chi connectivity index (χ2v) is 10.1. The molecule has 2 unspecified atom stereocenters. The van der Waals surface area contributed by atoms with Crippen LogP contribution >= 0.6 is 12.4 Å². The van der Waals surface area contributed by atoms with E-state index in [-0.39, 0.29) is 36.7 Å². The minimum absolute atomic E-state index is 0. The van der Waals surface area contributed by atoms with Crippen molar-refractivity contribution in [2.45, 2.75) is 63.6 Å². The molecule has 2 aromatic rings. The van der Waals surface area contributed by atoms with Crippen molar-refractivity contribution in [2.24, 2.45) is 23.5 Å². The maximum atomic E-state index is 13.9. The number of halogens is 1. The van der Waals surface area contributed by atoms with Gasteiger partial charge in [-0.2, -0.15) is 0 Å². The molecule has 4 aliphatic rings. The lowest BCUT2D eigenvalue weighted by Gasteiger charge is -2.55. The van der Waals surface area contributed by atoms with E-state index in [9.17, 15) is 9.59 Å². The number of nitrogens with two attached hydrogens (primary N) is 1. The molecule has 4 fully saturated rings. The van der Waals surface area contributed by atoms with E-state index in [0.29, 0.717) is 36.9 Å². The topological polar surface area (TPSA) is 99.7 Å². The zero-order valence-electron chi connectivity index (χ0n) is 23.4. The first-order valence-electron chi connectivity index (χ1n) is 13.7. The van der Waals surface area contributed by atoms with E-state index in [2.05, 4.69) is 0 Å². The molecule has 3 atom stereocenters. The molecule has 8 heteroatoms. The molecular formula is C28H35ClN4O3. The summed E-state index contributed by atoms with van der Waals surface area (Å²) in [6, 6.07) is 16.8. The van der Waals surface area contributed by atoms with Crippen molar-refractivity contribution >= 4 is 36.1 Å². The van der Waals surface area contributed by atoms with Gasteiger partial charge < -0.3 is 15.4 Å². The molecule has 2 amide bonds. The van der Waals surface area contributed by atoms with Crippen LogP contribution in [0.4, 0.5) is 10.5 Å². The molecule has 0 saturated heterocycles. The number of benzene rings is 2. The van der Waals surface area contributed by atoms with Gasteiger partial charge in [0.15, 0.2) is 5.96 Å². The van der Waals surface area contributed by atoms with Crippen LogP contribution in [0.15, 0.2) is 60.7 Å². The zero-order valence-corrected chi connectivity index (χ0v) is 21.2. The number of carbonyl (C=O) groups excluding carboxylic acids is 2. The standard InChI is InChI=1S/C28H34N4O3.ClH/c1-19(32(26(29)30)24-10-6-3-7-11-24)25(33)31(18-20-8-4-2-5-9-20)27(34)35-28-15-21-12-22(16-28)14-23(13-21)17-28;/h2-11,19,21-23H,12-18H2,1H3,(H3,29,30);1H/t19-,21?,22?,23?,28?;/m0./s1/i15D2,21D;. The fraction of sp³-hybridized carbons (Fsp3) is 0.464. The molecule has 4 saturated carbocycles. The van der Waals surface area contributed by atoms with E-state index < -0.39 is 35.9 Å². The summed E-state index contributed by atoms with van der Waals surface area (Å²) < 4.78 is 32.8. The lowest BCUT2D eigenvalue weighted by atomic mass is 9.54. The fourth-order valence-electron chi connectivity index (χ4n) is 6.10. The predicted molar refractivity (Wildman–Crippen MR) is 142 cm³/mol. The van der Waals surface area contributed by atoms with Crippen molar-refractivity contribution in [1.82, 2.24) is 4.90 Å². The van der Waals surface area contributed by atoms with Crippen LogP contribution in [-0.4, -0.2) is 34.5 Å². The highest BCUT2D eigenvalue weighted by Gasteiger charge is 2.54. The summed E-state index contributed by atoms with van der Waals surface area (Å²) in [6.07, 6.45) is -0.411. The second kappa shape index (κ2) is 10.5. The lowest BCUT2D eigenvalue weighted by Crippen LogP contribution is -2.57. The molecule has 4 aliphatic carbocycles. The van der Waals surface area contributed by atoms with Gasteiger partial charge in [0, 0.05) is 9.80 Å². The van der Waals surface area contributed by atoms with E-state index >= 15 is 0 Å². The molecule has 2 aromatic carbocycles. The minimum Gasteiger partial charge on any atom is -0.442 e. The van der Waals surface area contributed by atoms with Crippen LogP contribution < -0.4 is 10.6 Å². The maximum absolute atomic E-state index is 13.9. The highest BCUT2D eigenvalue weighted by atomic mass is 35.5. The number of anilines is 1. The molecule has 6 rings (SSSR count). The van der Waals surface area contributed by atoms with Gasteiger partial charge in [0.2, 0.25) is 0 Å². The zero-order chi connectivity index (χ0) is 27.3. The number of hydrogen-bond acceptors (Lipinski definition) is 4. The van der Waals surface area contributed by atoms with Gasteiger partial charge in [-0.3, -0.25) is 10.2 Å². The van der Waals surface area contributed by atoms with Crippen LogP contribution in [0, 0.1) is 23.1 Å². The second-order valence-electron chi connectivity index (χ2n) is 10.1. The van der Waals surface area contributed by atoms with Crippen molar-refractivity contribution < 1.29 is 18.4 Å². The maximum Gasteiger partial charge on any atom is 0.417 e. The number of amides is 2. The third kappa shape index (κ3) is 5.21. The van der Waals surface area contributed by atoms with Gasteiger partial charge in [-0.05, 0) is 80.8 Å². The largest absolute Gasteiger partial charge is 0.442 e. The van der Waals surface area contributed by atoms with Crippen LogP contribution in [0.3, 0.4) is 0 Å². The van der Waals surface area contributed by atoms with E-state index in [4.69, 9.17) is 20.0 Å². The molecule has 0 aliphatic heterocycles. The number of nitrogens with one attached hydrogen (secondary N) is 1. The molecule has 0 aromatic heterocycles. The van der Waals surface area contributed by atoms with Crippen molar-refractivity contribution in [3.8, 4) is 0 Å². The Bertz CT molecular complexity index is 1220. The number of para-hydroxylation sites is 1. The van der Waals surface area contributed by atoms with E-state index in [1.165, 1.54) is 4.90 Å². The minimum atomic E-state index is -2.04. The van der Waals surface area contributed by atoms with Gasteiger partial charge >= 0.3 is 6.09 Å². The van der Waals surface area contributed by atoms with Crippen LogP contribution in [0.25, 0.3) is 0 Å². The smallest absolute Gasteiger partial charge is 0.417 e. The Morgan fingerprint density at radius 3 is 2.28 bits per heavy atom. The molecule has 0 radical (unpaired) electrons. The normalized spacial score (nSPS) is 31.1. The van der Waals surface area contributed by atoms with Gasteiger partial charge in [-0.1, -0.05) is 48.5 Å². The van der Waals surface area contributed by atoms with Crippen molar-refractivity contribution in [1.29, 1.82) is 5.41 Å². The Balaban J connectivity index is 0.00000353. The average molecular weight is 514 g/mol.